The Balaban J connectivity index is 1.87. The van der Waals surface area contributed by atoms with E-state index in [1.165, 1.54) is 51.6 Å². The van der Waals surface area contributed by atoms with Gasteiger partial charge in [0.2, 0.25) is 0 Å². The molecule has 0 aromatic carbocycles. The van der Waals surface area contributed by atoms with Crippen LogP contribution in [0, 0.1) is 11.8 Å². The van der Waals surface area contributed by atoms with Gasteiger partial charge in [-0.15, -0.1) is 0 Å². The molecule has 0 amide bonds. The maximum absolute atomic E-state index is 5.64. The van der Waals surface area contributed by atoms with Crippen molar-refractivity contribution in [1.29, 1.82) is 0 Å². The van der Waals surface area contributed by atoms with E-state index in [4.69, 9.17) is 4.74 Å². The SMILES string of the molecule is CNC1CCCCCC1CN1CCC(C)C(OC)C1. The van der Waals surface area contributed by atoms with Crippen LogP contribution in [0.25, 0.3) is 0 Å². The Hall–Kier alpha value is -0.120. The van der Waals surface area contributed by atoms with E-state index in [2.05, 4.69) is 24.2 Å². The van der Waals surface area contributed by atoms with Crippen LogP contribution in [0.5, 0.6) is 0 Å². The minimum Gasteiger partial charge on any atom is -0.380 e. The lowest BCUT2D eigenvalue weighted by Crippen LogP contribution is -2.48. The first-order valence-electron chi connectivity index (χ1n) is 8.17. The molecule has 1 saturated carbocycles. The second-order valence-corrected chi connectivity index (χ2v) is 6.59. The molecule has 1 heterocycles. The van der Waals surface area contributed by atoms with Crippen LogP contribution in [0.15, 0.2) is 0 Å². The summed E-state index contributed by atoms with van der Waals surface area (Å²) in [6, 6.07) is 0.725. The van der Waals surface area contributed by atoms with Gasteiger partial charge in [0, 0.05) is 26.2 Å². The van der Waals surface area contributed by atoms with Gasteiger partial charge in [0.1, 0.15) is 0 Å². The number of hydrogen-bond acceptors (Lipinski definition) is 3. The quantitative estimate of drug-likeness (QED) is 0.793. The van der Waals surface area contributed by atoms with E-state index in [0.29, 0.717) is 6.10 Å². The van der Waals surface area contributed by atoms with Crippen LogP contribution >= 0.6 is 0 Å². The molecule has 0 aromatic heterocycles. The van der Waals surface area contributed by atoms with Crippen molar-refractivity contribution in [3.05, 3.63) is 0 Å². The molecule has 0 bridgehead atoms. The predicted molar refractivity (Wildman–Crippen MR) is 80.4 cm³/mol. The molecule has 1 aliphatic carbocycles. The van der Waals surface area contributed by atoms with Gasteiger partial charge < -0.3 is 15.0 Å². The summed E-state index contributed by atoms with van der Waals surface area (Å²) in [7, 11) is 4.01. The fourth-order valence-electron chi connectivity index (χ4n) is 3.89. The van der Waals surface area contributed by atoms with E-state index < -0.39 is 0 Å². The first-order chi connectivity index (χ1) is 9.24. The van der Waals surface area contributed by atoms with Gasteiger partial charge in [-0.3, -0.25) is 0 Å². The zero-order valence-electron chi connectivity index (χ0n) is 13.0. The summed E-state index contributed by atoms with van der Waals surface area (Å²) in [5.74, 6) is 1.55. The van der Waals surface area contributed by atoms with Crippen molar-refractivity contribution in [3.8, 4) is 0 Å². The van der Waals surface area contributed by atoms with Crippen LogP contribution in [0.3, 0.4) is 0 Å². The smallest absolute Gasteiger partial charge is 0.0724 e. The Morgan fingerprint density at radius 1 is 1.16 bits per heavy atom. The fourth-order valence-corrected chi connectivity index (χ4v) is 3.89. The minimum absolute atomic E-state index is 0.438. The van der Waals surface area contributed by atoms with Crippen molar-refractivity contribution < 1.29 is 4.74 Å². The largest absolute Gasteiger partial charge is 0.380 e. The molecule has 1 aliphatic heterocycles. The van der Waals surface area contributed by atoms with Crippen LogP contribution in [-0.4, -0.2) is 50.8 Å². The van der Waals surface area contributed by atoms with Gasteiger partial charge in [0.05, 0.1) is 6.10 Å². The first-order valence-corrected chi connectivity index (χ1v) is 8.17. The number of methoxy groups -OCH3 is 1. The molecular formula is C16H32N2O. The zero-order valence-corrected chi connectivity index (χ0v) is 13.0. The Morgan fingerprint density at radius 3 is 2.68 bits per heavy atom. The topological polar surface area (TPSA) is 24.5 Å². The van der Waals surface area contributed by atoms with E-state index in [1.807, 2.05) is 7.11 Å². The highest BCUT2D eigenvalue weighted by Gasteiger charge is 2.30. The maximum Gasteiger partial charge on any atom is 0.0724 e. The third-order valence-electron chi connectivity index (χ3n) is 5.30. The van der Waals surface area contributed by atoms with E-state index in [1.54, 1.807) is 0 Å². The van der Waals surface area contributed by atoms with Crippen molar-refractivity contribution in [2.24, 2.45) is 11.8 Å². The Labute approximate surface area is 119 Å². The van der Waals surface area contributed by atoms with Crippen LogP contribution in [0.1, 0.15) is 45.4 Å². The highest BCUT2D eigenvalue weighted by atomic mass is 16.5. The summed E-state index contributed by atoms with van der Waals surface area (Å²) < 4.78 is 5.64. The fraction of sp³-hybridized carbons (Fsp3) is 1.00. The number of nitrogens with zero attached hydrogens (tertiary/aromatic N) is 1. The predicted octanol–water partition coefficient (Wildman–Crippen LogP) is 2.51. The molecule has 19 heavy (non-hydrogen) atoms. The van der Waals surface area contributed by atoms with Crippen molar-refractivity contribution in [2.45, 2.75) is 57.6 Å². The monoisotopic (exact) mass is 268 g/mol. The van der Waals surface area contributed by atoms with E-state index in [-0.39, 0.29) is 0 Å². The van der Waals surface area contributed by atoms with Crippen molar-refractivity contribution in [3.63, 3.8) is 0 Å². The lowest BCUT2D eigenvalue weighted by Gasteiger charge is -2.39. The van der Waals surface area contributed by atoms with E-state index in [0.717, 1.165) is 24.4 Å². The first kappa shape index (κ1) is 15.3. The highest BCUT2D eigenvalue weighted by molar-refractivity contribution is 4.85. The highest BCUT2D eigenvalue weighted by Crippen LogP contribution is 2.26. The van der Waals surface area contributed by atoms with Gasteiger partial charge in [-0.2, -0.15) is 0 Å². The van der Waals surface area contributed by atoms with E-state index in [9.17, 15) is 0 Å². The summed E-state index contributed by atoms with van der Waals surface area (Å²) in [5.41, 5.74) is 0. The second kappa shape index (κ2) is 7.61. The molecule has 2 fully saturated rings. The average Bonchev–Trinajstić information content (AvgIpc) is 2.66. The van der Waals surface area contributed by atoms with Gasteiger partial charge in [0.25, 0.3) is 0 Å². The van der Waals surface area contributed by atoms with Crippen LogP contribution < -0.4 is 5.32 Å². The lowest BCUT2D eigenvalue weighted by molar-refractivity contribution is -0.0111. The zero-order chi connectivity index (χ0) is 13.7. The summed E-state index contributed by atoms with van der Waals surface area (Å²) >= 11 is 0. The number of nitrogens with one attached hydrogen (secondary N) is 1. The molecule has 0 aromatic rings. The van der Waals surface area contributed by atoms with Crippen molar-refractivity contribution >= 4 is 0 Å². The number of ether oxygens (including phenoxy) is 1. The molecule has 0 radical (unpaired) electrons. The van der Waals surface area contributed by atoms with Crippen LogP contribution in [0.2, 0.25) is 0 Å². The van der Waals surface area contributed by atoms with Crippen molar-refractivity contribution in [2.75, 3.05) is 33.8 Å². The Kier molecular flexibility index (Phi) is 6.11. The molecule has 1 saturated heterocycles. The van der Waals surface area contributed by atoms with Gasteiger partial charge in [-0.05, 0) is 44.7 Å². The molecule has 3 nitrogen and oxygen atoms in total. The normalized spacial score (nSPS) is 38.1. The minimum atomic E-state index is 0.438. The average molecular weight is 268 g/mol. The molecule has 2 rings (SSSR count). The Bertz CT molecular complexity index is 259. The standard InChI is InChI=1S/C16H32N2O/c1-13-9-10-18(12-16(13)19-3)11-14-7-5-4-6-8-15(14)17-2/h13-17H,4-12H2,1-3H3. The van der Waals surface area contributed by atoms with E-state index >= 15 is 0 Å². The maximum atomic E-state index is 5.64. The second-order valence-electron chi connectivity index (χ2n) is 6.59. The molecule has 112 valence electrons. The summed E-state index contributed by atoms with van der Waals surface area (Å²) in [4.78, 5) is 2.65. The molecule has 4 atom stereocenters. The molecule has 4 unspecified atom stereocenters. The third kappa shape index (κ3) is 4.17. The molecule has 0 spiro atoms. The molecule has 3 heteroatoms. The summed E-state index contributed by atoms with van der Waals surface area (Å²) in [5, 5.41) is 3.56. The van der Waals surface area contributed by atoms with Gasteiger partial charge in [-0.1, -0.05) is 26.2 Å². The van der Waals surface area contributed by atoms with Crippen LogP contribution in [0.4, 0.5) is 0 Å². The molecule has 2 aliphatic rings. The van der Waals surface area contributed by atoms with Crippen LogP contribution in [-0.2, 0) is 4.74 Å². The van der Waals surface area contributed by atoms with Crippen molar-refractivity contribution in [1.82, 2.24) is 10.2 Å². The number of piperidine rings is 1. The summed E-state index contributed by atoms with van der Waals surface area (Å²) in [6.07, 6.45) is 8.73. The molecular weight excluding hydrogens is 236 g/mol. The third-order valence-corrected chi connectivity index (χ3v) is 5.30. The number of hydrogen-bond donors (Lipinski definition) is 1. The lowest BCUT2D eigenvalue weighted by atomic mass is 9.91. The summed E-state index contributed by atoms with van der Waals surface area (Å²) in [6.45, 7) is 5.98. The van der Waals surface area contributed by atoms with Gasteiger partial charge in [0.15, 0.2) is 0 Å². The van der Waals surface area contributed by atoms with Gasteiger partial charge in [-0.25, -0.2) is 0 Å². The number of rotatable bonds is 4. The van der Waals surface area contributed by atoms with Gasteiger partial charge >= 0.3 is 0 Å². The number of likely N-dealkylation sites (tertiary alicyclic amines) is 1. The molecule has 1 N–H and O–H groups in total. The Morgan fingerprint density at radius 2 is 1.95 bits per heavy atom.